The Labute approximate surface area is 129 Å². The maximum absolute atomic E-state index is 12.3. The molecule has 0 aliphatic rings. The number of carboxylic acid groups (broad SMARTS) is 1. The molecule has 0 radical (unpaired) electrons. The lowest BCUT2D eigenvalue weighted by Crippen LogP contribution is -2.28. The summed E-state index contributed by atoms with van der Waals surface area (Å²) >= 11 is 0. The molecule has 0 saturated heterocycles. The predicted molar refractivity (Wildman–Crippen MR) is 82.2 cm³/mol. The Bertz CT molecular complexity index is 661. The highest BCUT2D eigenvalue weighted by Crippen LogP contribution is 2.18. The van der Waals surface area contributed by atoms with Crippen LogP contribution < -0.4 is 0 Å². The van der Waals surface area contributed by atoms with Gasteiger partial charge in [0.15, 0.2) is 5.76 Å². The van der Waals surface area contributed by atoms with E-state index in [1.165, 1.54) is 11.0 Å². The molecule has 22 heavy (non-hydrogen) atoms. The van der Waals surface area contributed by atoms with E-state index in [1.807, 2.05) is 30.3 Å². The number of furan rings is 1. The third-order valence-electron chi connectivity index (χ3n) is 3.50. The summed E-state index contributed by atoms with van der Waals surface area (Å²) in [5.41, 5.74) is 1.20. The fraction of sp³-hybridized carbons (Fsp3) is 0.294. The standard InChI is InChI=1S/C17H19NO4/c1-3-14-13(17(20)21)11-15(22-14)16(19)18(2)10-9-12-7-5-4-6-8-12/h4-8,11H,3,9-10H2,1-2H3,(H,20,21). The lowest BCUT2D eigenvalue weighted by atomic mass is 10.1. The number of benzene rings is 1. The maximum atomic E-state index is 12.3. The van der Waals surface area contributed by atoms with Crippen molar-refractivity contribution in [3.8, 4) is 0 Å². The van der Waals surface area contributed by atoms with Crippen molar-refractivity contribution in [3.05, 3.63) is 59.0 Å². The zero-order chi connectivity index (χ0) is 16.1. The highest BCUT2D eigenvalue weighted by Gasteiger charge is 2.22. The molecule has 2 rings (SSSR count). The average molecular weight is 301 g/mol. The van der Waals surface area contributed by atoms with Crippen molar-refractivity contribution < 1.29 is 19.1 Å². The summed E-state index contributed by atoms with van der Waals surface area (Å²) in [4.78, 5) is 25.0. The van der Waals surface area contributed by atoms with Crippen molar-refractivity contribution in [3.63, 3.8) is 0 Å². The molecule has 1 N–H and O–H groups in total. The van der Waals surface area contributed by atoms with Gasteiger partial charge in [-0.2, -0.15) is 0 Å². The van der Waals surface area contributed by atoms with Crippen molar-refractivity contribution in [1.82, 2.24) is 4.90 Å². The van der Waals surface area contributed by atoms with E-state index in [9.17, 15) is 9.59 Å². The van der Waals surface area contributed by atoms with Crippen molar-refractivity contribution >= 4 is 11.9 Å². The molecule has 2 aromatic rings. The Morgan fingerprint density at radius 3 is 2.45 bits per heavy atom. The van der Waals surface area contributed by atoms with Crippen molar-refractivity contribution in [2.75, 3.05) is 13.6 Å². The van der Waals surface area contributed by atoms with Crippen LogP contribution in [0.15, 0.2) is 40.8 Å². The van der Waals surface area contributed by atoms with Crippen LogP contribution in [-0.2, 0) is 12.8 Å². The lowest BCUT2D eigenvalue weighted by Gasteiger charge is -2.15. The largest absolute Gasteiger partial charge is 0.478 e. The highest BCUT2D eigenvalue weighted by molar-refractivity contribution is 5.96. The topological polar surface area (TPSA) is 70.8 Å². The zero-order valence-electron chi connectivity index (χ0n) is 12.7. The molecular weight excluding hydrogens is 282 g/mol. The van der Waals surface area contributed by atoms with Gasteiger partial charge in [-0.15, -0.1) is 0 Å². The zero-order valence-corrected chi connectivity index (χ0v) is 12.7. The molecule has 0 bridgehead atoms. The number of carbonyl (C=O) groups excluding carboxylic acids is 1. The summed E-state index contributed by atoms with van der Waals surface area (Å²) in [7, 11) is 1.68. The number of hydrogen-bond donors (Lipinski definition) is 1. The van der Waals surface area contributed by atoms with Gasteiger partial charge in [0.25, 0.3) is 5.91 Å². The smallest absolute Gasteiger partial charge is 0.339 e. The van der Waals surface area contributed by atoms with E-state index >= 15 is 0 Å². The molecule has 5 nitrogen and oxygen atoms in total. The van der Waals surface area contributed by atoms with E-state index in [1.54, 1.807) is 14.0 Å². The molecule has 5 heteroatoms. The second-order valence-corrected chi connectivity index (χ2v) is 5.07. The van der Waals surface area contributed by atoms with E-state index in [-0.39, 0.29) is 17.2 Å². The molecular formula is C17H19NO4. The average Bonchev–Trinajstić information content (AvgIpc) is 2.97. The molecule has 1 aromatic carbocycles. The predicted octanol–water partition coefficient (Wildman–Crippen LogP) is 2.85. The van der Waals surface area contributed by atoms with Crippen LogP contribution in [0.3, 0.4) is 0 Å². The van der Waals surface area contributed by atoms with Gasteiger partial charge in [-0.3, -0.25) is 4.79 Å². The van der Waals surface area contributed by atoms with Crippen LogP contribution in [0.5, 0.6) is 0 Å². The van der Waals surface area contributed by atoms with Gasteiger partial charge in [0.1, 0.15) is 11.3 Å². The van der Waals surface area contributed by atoms with Gasteiger partial charge in [-0.1, -0.05) is 37.3 Å². The third-order valence-corrected chi connectivity index (χ3v) is 3.50. The number of carbonyl (C=O) groups is 2. The van der Waals surface area contributed by atoms with E-state index in [2.05, 4.69) is 0 Å². The first-order chi connectivity index (χ1) is 10.5. The van der Waals surface area contributed by atoms with Crippen molar-refractivity contribution in [2.24, 2.45) is 0 Å². The molecule has 1 heterocycles. The van der Waals surface area contributed by atoms with E-state index in [0.717, 1.165) is 12.0 Å². The van der Waals surface area contributed by atoms with E-state index in [0.29, 0.717) is 18.7 Å². The summed E-state index contributed by atoms with van der Waals surface area (Å²) in [5, 5.41) is 9.10. The fourth-order valence-corrected chi connectivity index (χ4v) is 2.21. The van der Waals surface area contributed by atoms with Crippen molar-refractivity contribution in [2.45, 2.75) is 19.8 Å². The van der Waals surface area contributed by atoms with Gasteiger partial charge in [0.05, 0.1) is 0 Å². The number of likely N-dealkylation sites (N-methyl/N-ethyl adjacent to an activating group) is 1. The van der Waals surface area contributed by atoms with E-state index < -0.39 is 5.97 Å². The minimum atomic E-state index is -1.08. The van der Waals surface area contributed by atoms with Gasteiger partial charge in [0, 0.05) is 26.1 Å². The highest BCUT2D eigenvalue weighted by atomic mass is 16.4. The number of hydrogen-bond acceptors (Lipinski definition) is 3. The summed E-state index contributed by atoms with van der Waals surface area (Å²) in [5.74, 6) is -0.984. The molecule has 116 valence electrons. The summed E-state index contributed by atoms with van der Waals surface area (Å²) in [6.07, 6.45) is 1.17. The number of rotatable bonds is 6. The summed E-state index contributed by atoms with van der Waals surface area (Å²) in [6.45, 7) is 2.33. The fourth-order valence-electron chi connectivity index (χ4n) is 2.21. The Kier molecular flexibility index (Phi) is 4.99. The van der Waals surface area contributed by atoms with Gasteiger partial charge in [0.2, 0.25) is 0 Å². The van der Waals surface area contributed by atoms with E-state index in [4.69, 9.17) is 9.52 Å². The minimum Gasteiger partial charge on any atom is -0.478 e. The SMILES string of the molecule is CCc1oc(C(=O)N(C)CCc2ccccc2)cc1C(=O)O. The number of carboxylic acids is 1. The molecule has 0 aliphatic carbocycles. The van der Waals surface area contributed by atoms with Crippen LogP contribution in [-0.4, -0.2) is 35.5 Å². The molecule has 0 aliphatic heterocycles. The summed E-state index contributed by atoms with van der Waals surface area (Å²) in [6, 6.07) is 11.2. The second kappa shape index (κ2) is 6.93. The second-order valence-electron chi connectivity index (χ2n) is 5.07. The van der Waals surface area contributed by atoms with Crippen LogP contribution in [0.2, 0.25) is 0 Å². The van der Waals surface area contributed by atoms with Gasteiger partial charge in [-0.05, 0) is 12.0 Å². The molecule has 0 spiro atoms. The Balaban J connectivity index is 2.05. The third kappa shape index (κ3) is 3.55. The Morgan fingerprint density at radius 1 is 1.23 bits per heavy atom. The lowest BCUT2D eigenvalue weighted by molar-refractivity contribution is 0.0693. The molecule has 1 aromatic heterocycles. The quantitative estimate of drug-likeness (QED) is 0.890. The number of aromatic carboxylic acids is 1. The van der Waals surface area contributed by atoms with Gasteiger partial charge >= 0.3 is 5.97 Å². The molecule has 0 saturated carbocycles. The van der Waals surface area contributed by atoms with Crippen LogP contribution in [0, 0.1) is 0 Å². The first-order valence-electron chi connectivity index (χ1n) is 7.18. The monoisotopic (exact) mass is 301 g/mol. The number of aryl methyl sites for hydroxylation is 1. The molecule has 0 unspecified atom stereocenters. The van der Waals surface area contributed by atoms with Crippen molar-refractivity contribution in [1.29, 1.82) is 0 Å². The number of amides is 1. The first kappa shape index (κ1) is 15.8. The van der Waals surface area contributed by atoms with Gasteiger partial charge in [-0.25, -0.2) is 4.79 Å². The maximum Gasteiger partial charge on any atom is 0.339 e. The van der Waals surface area contributed by atoms with Crippen LogP contribution in [0.4, 0.5) is 0 Å². The Morgan fingerprint density at radius 2 is 1.91 bits per heavy atom. The molecule has 0 fully saturated rings. The van der Waals surface area contributed by atoms with Gasteiger partial charge < -0.3 is 14.4 Å². The minimum absolute atomic E-state index is 0.0577. The molecule has 1 amide bonds. The van der Waals surface area contributed by atoms with Crippen LogP contribution >= 0.6 is 0 Å². The Hall–Kier alpha value is -2.56. The normalized spacial score (nSPS) is 10.5. The van der Waals surface area contributed by atoms with Crippen LogP contribution in [0.1, 0.15) is 39.2 Å². The first-order valence-corrected chi connectivity index (χ1v) is 7.18. The summed E-state index contributed by atoms with van der Waals surface area (Å²) < 4.78 is 5.39. The molecule has 0 atom stereocenters. The van der Waals surface area contributed by atoms with Crippen LogP contribution in [0.25, 0.3) is 0 Å². The number of nitrogens with zero attached hydrogens (tertiary/aromatic N) is 1.